The van der Waals surface area contributed by atoms with Gasteiger partial charge >= 0.3 is 6.09 Å². The average Bonchev–Trinajstić information content (AvgIpc) is 2.11. The van der Waals surface area contributed by atoms with Crippen LogP contribution in [0, 0.1) is 5.92 Å². The van der Waals surface area contributed by atoms with Gasteiger partial charge in [-0.15, -0.1) is 0 Å². The first kappa shape index (κ1) is 15.7. The molecule has 0 spiro atoms. The van der Waals surface area contributed by atoms with Gasteiger partial charge in [0.05, 0.1) is 0 Å². The molecule has 0 bridgehead atoms. The molecular formula is C12H24N2O3. The van der Waals surface area contributed by atoms with E-state index in [1.165, 1.54) is 0 Å². The molecule has 0 saturated carbocycles. The Labute approximate surface area is 103 Å². The van der Waals surface area contributed by atoms with Gasteiger partial charge in [-0.1, -0.05) is 13.8 Å². The molecule has 17 heavy (non-hydrogen) atoms. The zero-order chi connectivity index (χ0) is 13.5. The van der Waals surface area contributed by atoms with Crippen molar-refractivity contribution in [1.29, 1.82) is 0 Å². The third-order valence-corrected chi connectivity index (χ3v) is 1.73. The first-order valence-electron chi connectivity index (χ1n) is 5.94. The topological polar surface area (TPSA) is 67.4 Å². The lowest BCUT2D eigenvalue weighted by molar-refractivity contribution is -0.121. The van der Waals surface area contributed by atoms with Gasteiger partial charge in [0.15, 0.2) is 0 Å². The van der Waals surface area contributed by atoms with Crippen LogP contribution in [0.5, 0.6) is 0 Å². The first-order chi connectivity index (χ1) is 7.70. The van der Waals surface area contributed by atoms with Gasteiger partial charge in [0.1, 0.15) is 5.60 Å². The maximum Gasteiger partial charge on any atom is 0.407 e. The Hall–Kier alpha value is -1.26. The standard InChI is InChI=1S/C12H24N2O3/c1-9(2)8-14-10(15)6-7-13-11(16)17-12(3,4)5/h9H,6-8H2,1-5H3,(H,13,16)(H,14,15). The molecule has 100 valence electrons. The number of hydrogen-bond acceptors (Lipinski definition) is 3. The highest BCUT2D eigenvalue weighted by atomic mass is 16.6. The second kappa shape index (κ2) is 7.14. The van der Waals surface area contributed by atoms with Gasteiger partial charge in [0, 0.05) is 19.5 Å². The van der Waals surface area contributed by atoms with Crippen molar-refractivity contribution in [2.75, 3.05) is 13.1 Å². The predicted molar refractivity (Wildman–Crippen MR) is 66.7 cm³/mol. The summed E-state index contributed by atoms with van der Waals surface area (Å²) in [4.78, 5) is 22.6. The molecule has 0 aromatic heterocycles. The minimum absolute atomic E-state index is 0.0604. The molecule has 0 aromatic carbocycles. The van der Waals surface area contributed by atoms with Crippen molar-refractivity contribution in [3.63, 3.8) is 0 Å². The fourth-order valence-electron chi connectivity index (χ4n) is 0.999. The molecule has 5 nitrogen and oxygen atoms in total. The van der Waals surface area contributed by atoms with Crippen molar-refractivity contribution in [2.24, 2.45) is 5.92 Å². The van der Waals surface area contributed by atoms with E-state index in [9.17, 15) is 9.59 Å². The predicted octanol–water partition coefficient (Wildman–Crippen LogP) is 1.67. The molecule has 5 heteroatoms. The lowest BCUT2D eigenvalue weighted by atomic mass is 10.2. The van der Waals surface area contributed by atoms with Crippen LogP contribution < -0.4 is 10.6 Å². The number of rotatable bonds is 5. The molecule has 0 rings (SSSR count). The number of ether oxygens (including phenoxy) is 1. The molecule has 2 amide bonds. The van der Waals surface area contributed by atoms with Gasteiger partial charge in [-0.3, -0.25) is 4.79 Å². The number of amides is 2. The molecule has 0 atom stereocenters. The van der Waals surface area contributed by atoms with E-state index in [0.717, 1.165) is 0 Å². The molecule has 0 saturated heterocycles. The fourth-order valence-corrected chi connectivity index (χ4v) is 0.999. The summed E-state index contributed by atoms with van der Waals surface area (Å²) in [7, 11) is 0. The van der Waals surface area contributed by atoms with Crippen LogP contribution in [0.1, 0.15) is 41.0 Å². The Morgan fingerprint density at radius 2 is 1.76 bits per heavy atom. The number of carbonyl (C=O) groups excluding carboxylic acids is 2. The Balaban J connectivity index is 3.63. The van der Waals surface area contributed by atoms with E-state index in [1.807, 2.05) is 13.8 Å². The Morgan fingerprint density at radius 3 is 2.24 bits per heavy atom. The molecular weight excluding hydrogens is 220 g/mol. The van der Waals surface area contributed by atoms with Crippen LogP contribution in [0.3, 0.4) is 0 Å². The second-order valence-electron chi connectivity index (χ2n) is 5.38. The molecule has 0 fully saturated rings. The molecule has 0 unspecified atom stereocenters. The maximum absolute atomic E-state index is 11.3. The SMILES string of the molecule is CC(C)CNC(=O)CCNC(=O)OC(C)(C)C. The highest BCUT2D eigenvalue weighted by Crippen LogP contribution is 2.06. The molecule has 0 aromatic rings. The van der Waals surface area contributed by atoms with Crippen LogP contribution in [0.25, 0.3) is 0 Å². The Bertz CT molecular complexity index is 257. The van der Waals surface area contributed by atoms with Crippen molar-refractivity contribution in [3.8, 4) is 0 Å². The summed E-state index contributed by atoms with van der Waals surface area (Å²) in [6.45, 7) is 10.4. The molecule has 0 aliphatic rings. The number of alkyl carbamates (subject to hydrolysis) is 1. The van der Waals surface area contributed by atoms with E-state index >= 15 is 0 Å². The summed E-state index contributed by atoms with van der Waals surface area (Å²) in [5.41, 5.74) is -0.510. The minimum Gasteiger partial charge on any atom is -0.444 e. The van der Waals surface area contributed by atoms with E-state index in [0.29, 0.717) is 19.0 Å². The van der Waals surface area contributed by atoms with Crippen molar-refractivity contribution < 1.29 is 14.3 Å². The number of hydrogen-bond donors (Lipinski definition) is 2. The summed E-state index contributed by atoms with van der Waals surface area (Å²) < 4.78 is 5.04. The quantitative estimate of drug-likeness (QED) is 0.773. The van der Waals surface area contributed by atoms with E-state index in [1.54, 1.807) is 20.8 Å². The summed E-state index contributed by atoms with van der Waals surface area (Å²) in [5.74, 6) is 0.368. The van der Waals surface area contributed by atoms with E-state index in [-0.39, 0.29) is 12.3 Å². The highest BCUT2D eigenvalue weighted by molar-refractivity contribution is 5.77. The van der Waals surface area contributed by atoms with E-state index in [4.69, 9.17) is 4.74 Å². The second-order valence-corrected chi connectivity index (χ2v) is 5.38. The van der Waals surface area contributed by atoms with E-state index < -0.39 is 11.7 Å². The normalized spacial score (nSPS) is 11.2. The lowest BCUT2D eigenvalue weighted by Crippen LogP contribution is -2.35. The van der Waals surface area contributed by atoms with Crippen LogP contribution in [0.15, 0.2) is 0 Å². The Morgan fingerprint density at radius 1 is 1.18 bits per heavy atom. The van der Waals surface area contributed by atoms with Crippen LogP contribution in [-0.2, 0) is 9.53 Å². The van der Waals surface area contributed by atoms with Crippen LogP contribution in [0.4, 0.5) is 4.79 Å². The largest absolute Gasteiger partial charge is 0.444 e. The molecule has 0 aliphatic carbocycles. The number of carbonyl (C=O) groups is 2. The zero-order valence-electron chi connectivity index (χ0n) is 11.4. The monoisotopic (exact) mass is 244 g/mol. The zero-order valence-corrected chi connectivity index (χ0v) is 11.4. The summed E-state index contributed by atoms with van der Waals surface area (Å²) in [6, 6.07) is 0. The summed E-state index contributed by atoms with van der Waals surface area (Å²) in [6.07, 6.45) is -0.222. The van der Waals surface area contributed by atoms with Crippen LogP contribution in [0.2, 0.25) is 0 Å². The van der Waals surface area contributed by atoms with Crippen LogP contribution >= 0.6 is 0 Å². The van der Waals surface area contributed by atoms with Gasteiger partial charge in [0.25, 0.3) is 0 Å². The minimum atomic E-state index is -0.510. The fraction of sp³-hybridized carbons (Fsp3) is 0.833. The smallest absolute Gasteiger partial charge is 0.407 e. The first-order valence-corrected chi connectivity index (χ1v) is 5.94. The van der Waals surface area contributed by atoms with Gasteiger partial charge in [-0.25, -0.2) is 4.79 Å². The van der Waals surface area contributed by atoms with Crippen molar-refractivity contribution in [1.82, 2.24) is 10.6 Å². The highest BCUT2D eigenvalue weighted by Gasteiger charge is 2.15. The number of nitrogens with one attached hydrogen (secondary N) is 2. The van der Waals surface area contributed by atoms with Crippen LogP contribution in [-0.4, -0.2) is 30.7 Å². The van der Waals surface area contributed by atoms with Crippen molar-refractivity contribution in [2.45, 2.75) is 46.6 Å². The molecule has 0 aliphatic heterocycles. The van der Waals surface area contributed by atoms with E-state index in [2.05, 4.69) is 10.6 Å². The third-order valence-electron chi connectivity index (χ3n) is 1.73. The molecule has 2 N–H and O–H groups in total. The molecule has 0 radical (unpaired) electrons. The summed E-state index contributed by atoms with van der Waals surface area (Å²) >= 11 is 0. The van der Waals surface area contributed by atoms with Crippen molar-refractivity contribution in [3.05, 3.63) is 0 Å². The average molecular weight is 244 g/mol. The lowest BCUT2D eigenvalue weighted by Gasteiger charge is -2.19. The van der Waals surface area contributed by atoms with Gasteiger partial charge in [-0.2, -0.15) is 0 Å². The van der Waals surface area contributed by atoms with Crippen molar-refractivity contribution >= 4 is 12.0 Å². The summed E-state index contributed by atoms with van der Waals surface area (Å²) in [5, 5.41) is 5.31. The molecule has 0 heterocycles. The maximum atomic E-state index is 11.3. The third kappa shape index (κ3) is 11.0. The van der Waals surface area contributed by atoms with Gasteiger partial charge in [0.2, 0.25) is 5.91 Å². The Kier molecular flexibility index (Phi) is 6.61. The van der Waals surface area contributed by atoms with Gasteiger partial charge < -0.3 is 15.4 Å². The van der Waals surface area contributed by atoms with Gasteiger partial charge in [-0.05, 0) is 26.7 Å².